The lowest BCUT2D eigenvalue weighted by Crippen LogP contribution is -2.49. The predicted octanol–water partition coefficient (Wildman–Crippen LogP) is 3.68. The van der Waals surface area contributed by atoms with Crippen molar-refractivity contribution >= 4 is 34.3 Å². The molecule has 228 valence electrons. The molecule has 2 aromatic carbocycles. The maximum atomic E-state index is 12.7. The second-order valence-corrected chi connectivity index (χ2v) is 10.5. The highest BCUT2D eigenvalue weighted by atomic mass is 16.5. The molecule has 0 bridgehead atoms. The Kier molecular flexibility index (Phi) is 9.48. The molecule has 1 amide bonds. The smallest absolute Gasteiger partial charge is 0.289 e. The molecule has 1 aliphatic heterocycles. The number of hydrogen-bond acceptors (Lipinski definition) is 11. The van der Waals surface area contributed by atoms with Crippen LogP contribution in [0.25, 0.3) is 10.9 Å². The minimum absolute atomic E-state index is 0.127. The third kappa shape index (κ3) is 7.27. The normalized spacial score (nSPS) is 14.2. The molecule has 1 atom stereocenters. The number of aliphatic hydroxyl groups excluding tert-OH is 1. The van der Waals surface area contributed by atoms with Gasteiger partial charge in [-0.15, -0.1) is 0 Å². The second-order valence-electron chi connectivity index (χ2n) is 10.5. The van der Waals surface area contributed by atoms with Crippen LogP contribution in [0, 0.1) is 0 Å². The van der Waals surface area contributed by atoms with E-state index in [1.165, 1.54) is 6.26 Å². The molecular formula is C31H38N6O6. The summed E-state index contributed by atoms with van der Waals surface area (Å²) in [5, 5.41) is 17.5. The van der Waals surface area contributed by atoms with Crippen molar-refractivity contribution in [1.29, 1.82) is 0 Å². The van der Waals surface area contributed by atoms with Gasteiger partial charge >= 0.3 is 0 Å². The van der Waals surface area contributed by atoms with Crippen LogP contribution in [0.4, 0.5) is 17.5 Å². The van der Waals surface area contributed by atoms with Crippen LogP contribution in [-0.2, 0) is 0 Å². The summed E-state index contributed by atoms with van der Waals surface area (Å²) in [6.45, 7) is 6.87. The summed E-state index contributed by atoms with van der Waals surface area (Å²) in [5.41, 5.74) is 1.48. The molecule has 3 N–H and O–H groups in total. The summed E-state index contributed by atoms with van der Waals surface area (Å²) in [4.78, 5) is 26.3. The molecule has 5 rings (SSSR count). The molecule has 1 aliphatic rings. The average molecular weight is 591 g/mol. The lowest BCUT2D eigenvalue weighted by atomic mass is 10.2. The van der Waals surface area contributed by atoms with E-state index in [4.69, 9.17) is 28.6 Å². The van der Waals surface area contributed by atoms with Gasteiger partial charge in [0.2, 0.25) is 5.95 Å². The van der Waals surface area contributed by atoms with Gasteiger partial charge in [-0.3, -0.25) is 4.79 Å². The number of carbonyl (C=O) groups is 1. The number of aliphatic hydroxyl groups is 1. The number of methoxy groups -OCH3 is 2. The molecule has 0 radical (unpaired) electrons. The Bertz CT molecular complexity index is 1500. The standard InChI is InChI=1S/C31H38N6O6/c1-20(2)32-18-22(38)19-43-23-9-7-21(8-10-23)33-29-24-16-27(40-3)28(41-4)17-25(24)34-31(35-29)37-13-11-36(12-14-37)30(39)26-6-5-15-42-26/h5-10,15-17,20,22,32,38H,11-14,18-19H2,1-4H3,(H,33,34,35)/t22-/m0/s1. The van der Waals surface area contributed by atoms with Crippen LogP contribution in [0.1, 0.15) is 24.4 Å². The molecule has 0 spiro atoms. The molecule has 4 aromatic rings. The lowest BCUT2D eigenvalue weighted by molar-refractivity contribution is 0.0714. The molecule has 0 aliphatic carbocycles. The number of aromatic nitrogens is 2. The number of nitrogens with one attached hydrogen (secondary N) is 2. The first kappa shape index (κ1) is 29.9. The Morgan fingerprint density at radius 1 is 1.02 bits per heavy atom. The van der Waals surface area contributed by atoms with Gasteiger partial charge in [-0.25, -0.2) is 4.98 Å². The van der Waals surface area contributed by atoms with Crippen molar-refractivity contribution in [1.82, 2.24) is 20.2 Å². The third-order valence-electron chi connectivity index (χ3n) is 7.09. The quantitative estimate of drug-likeness (QED) is 0.223. The van der Waals surface area contributed by atoms with E-state index < -0.39 is 6.10 Å². The first-order valence-corrected chi connectivity index (χ1v) is 14.3. The number of nitrogens with zero attached hydrogens (tertiary/aromatic N) is 4. The number of rotatable bonds is 12. The highest BCUT2D eigenvalue weighted by molar-refractivity contribution is 5.94. The number of furan rings is 1. The molecule has 2 aromatic heterocycles. The number of amides is 1. The van der Waals surface area contributed by atoms with Crippen LogP contribution >= 0.6 is 0 Å². The fourth-order valence-corrected chi connectivity index (χ4v) is 4.74. The van der Waals surface area contributed by atoms with Gasteiger partial charge in [0.25, 0.3) is 5.91 Å². The predicted molar refractivity (Wildman–Crippen MR) is 164 cm³/mol. The van der Waals surface area contributed by atoms with Gasteiger partial charge in [-0.05, 0) is 42.5 Å². The largest absolute Gasteiger partial charge is 0.493 e. The van der Waals surface area contributed by atoms with E-state index in [0.717, 1.165) is 11.1 Å². The topological polar surface area (TPSA) is 134 Å². The second kappa shape index (κ2) is 13.6. The van der Waals surface area contributed by atoms with Crippen LogP contribution in [0.2, 0.25) is 0 Å². The average Bonchev–Trinajstić information content (AvgIpc) is 3.57. The first-order chi connectivity index (χ1) is 20.8. The summed E-state index contributed by atoms with van der Waals surface area (Å²) in [6.07, 6.45) is 0.894. The molecule has 0 saturated carbocycles. The Morgan fingerprint density at radius 3 is 2.40 bits per heavy atom. The SMILES string of the molecule is COc1cc2nc(N3CCN(C(=O)c4ccco4)CC3)nc(Nc3ccc(OC[C@@H](O)CNC(C)C)cc3)c2cc1OC. The van der Waals surface area contributed by atoms with Crippen molar-refractivity contribution in [2.45, 2.75) is 26.0 Å². The minimum Gasteiger partial charge on any atom is -0.493 e. The maximum absolute atomic E-state index is 12.7. The van der Waals surface area contributed by atoms with Gasteiger partial charge < -0.3 is 44.2 Å². The fraction of sp³-hybridized carbons (Fsp3) is 0.387. The molecule has 1 fully saturated rings. The molecular weight excluding hydrogens is 552 g/mol. The summed E-state index contributed by atoms with van der Waals surface area (Å²) in [5.74, 6) is 3.11. The van der Waals surface area contributed by atoms with Crippen LogP contribution in [0.3, 0.4) is 0 Å². The van der Waals surface area contributed by atoms with Crippen LogP contribution < -0.4 is 29.7 Å². The third-order valence-corrected chi connectivity index (χ3v) is 7.09. The van der Waals surface area contributed by atoms with Gasteiger partial charge in [-0.1, -0.05) is 13.8 Å². The number of hydrogen-bond donors (Lipinski definition) is 3. The van der Waals surface area contributed by atoms with Crippen LogP contribution in [0.5, 0.6) is 17.2 Å². The van der Waals surface area contributed by atoms with E-state index in [1.807, 2.05) is 50.2 Å². The summed E-state index contributed by atoms with van der Waals surface area (Å²) in [7, 11) is 3.17. The molecule has 12 nitrogen and oxygen atoms in total. The highest BCUT2D eigenvalue weighted by Gasteiger charge is 2.26. The van der Waals surface area contributed by atoms with Crippen molar-refractivity contribution in [2.75, 3.05) is 63.8 Å². The Balaban J connectivity index is 1.35. The Morgan fingerprint density at radius 2 is 1.74 bits per heavy atom. The summed E-state index contributed by atoms with van der Waals surface area (Å²) < 4.78 is 22.1. The van der Waals surface area contributed by atoms with Crippen molar-refractivity contribution in [3.8, 4) is 17.2 Å². The van der Waals surface area contributed by atoms with E-state index in [0.29, 0.717) is 79.1 Å². The zero-order chi connectivity index (χ0) is 30.3. The summed E-state index contributed by atoms with van der Waals surface area (Å²) in [6, 6.07) is 14.8. The van der Waals surface area contributed by atoms with Gasteiger partial charge in [0.05, 0.1) is 26.0 Å². The van der Waals surface area contributed by atoms with Crippen molar-refractivity contribution in [3.63, 3.8) is 0 Å². The van der Waals surface area contributed by atoms with Gasteiger partial charge in [-0.2, -0.15) is 4.98 Å². The molecule has 0 unspecified atom stereocenters. The lowest BCUT2D eigenvalue weighted by Gasteiger charge is -2.34. The van der Waals surface area contributed by atoms with Crippen molar-refractivity contribution in [3.05, 3.63) is 60.6 Å². The van der Waals surface area contributed by atoms with Crippen molar-refractivity contribution in [2.24, 2.45) is 0 Å². The Hall–Kier alpha value is -4.55. The number of piperazine rings is 1. The number of anilines is 3. The van der Waals surface area contributed by atoms with Crippen LogP contribution in [0.15, 0.2) is 59.2 Å². The molecule has 12 heteroatoms. The molecule has 1 saturated heterocycles. The molecule has 3 heterocycles. The summed E-state index contributed by atoms with van der Waals surface area (Å²) >= 11 is 0. The zero-order valence-corrected chi connectivity index (χ0v) is 24.9. The Labute approximate surface area is 250 Å². The zero-order valence-electron chi connectivity index (χ0n) is 24.9. The van der Waals surface area contributed by atoms with Gasteiger partial charge in [0.1, 0.15) is 24.3 Å². The van der Waals surface area contributed by atoms with E-state index in [9.17, 15) is 9.90 Å². The van der Waals surface area contributed by atoms with E-state index >= 15 is 0 Å². The van der Waals surface area contributed by atoms with Gasteiger partial charge in [0, 0.05) is 55.9 Å². The number of carbonyl (C=O) groups excluding carboxylic acids is 1. The minimum atomic E-state index is -0.608. The van der Waals surface area contributed by atoms with Crippen LogP contribution in [-0.4, -0.2) is 91.6 Å². The van der Waals surface area contributed by atoms with E-state index in [-0.39, 0.29) is 12.5 Å². The number of benzene rings is 2. The monoisotopic (exact) mass is 590 g/mol. The van der Waals surface area contributed by atoms with Gasteiger partial charge in [0.15, 0.2) is 17.3 Å². The highest BCUT2D eigenvalue weighted by Crippen LogP contribution is 2.36. The number of ether oxygens (including phenoxy) is 3. The van der Waals surface area contributed by atoms with E-state index in [2.05, 4.69) is 15.5 Å². The van der Waals surface area contributed by atoms with E-state index in [1.54, 1.807) is 31.3 Å². The molecule has 43 heavy (non-hydrogen) atoms. The maximum Gasteiger partial charge on any atom is 0.289 e. The van der Waals surface area contributed by atoms with Crippen molar-refractivity contribution < 1.29 is 28.5 Å². The number of fused-ring (bicyclic) bond motifs is 1. The first-order valence-electron chi connectivity index (χ1n) is 14.3. The fourth-order valence-electron chi connectivity index (χ4n) is 4.74.